The molecule has 23 heavy (non-hydrogen) atoms. The first-order valence-electron chi connectivity index (χ1n) is 7.11. The number of nitrogens with one attached hydrogen (secondary N) is 2. The Bertz CT molecular complexity index is 714. The van der Waals surface area contributed by atoms with Crippen molar-refractivity contribution in [3.05, 3.63) is 58.6 Å². The minimum atomic E-state index is -0.410. The molecule has 0 bridgehead atoms. The molecule has 0 fully saturated rings. The van der Waals surface area contributed by atoms with E-state index in [1.807, 2.05) is 0 Å². The molecule has 6 heteroatoms. The molecule has 5 nitrogen and oxygen atoms in total. The number of ether oxygens (including phenoxy) is 1. The van der Waals surface area contributed by atoms with E-state index in [-0.39, 0.29) is 0 Å². The van der Waals surface area contributed by atoms with E-state index in [9.17, 15) is 9.59 Å². The van der Waals surface area contributed by atoms with Crippen LogP contribution in [0.25, 0.3) is 0 Å². The van der Waals surface area contributed by atoms with Crippen molar-refractivity contribution in [1.82, 2.24) is 0 Å². The van der Waals surface area contributed by atoms with Crippen LogP contribution in [0.1, 0.15) is 22.8 Å². The fourth-order valence-corrected chi connectivity index (χ4v) is 2.14. The smallest absolute Gasteiger partial charge is 0.338 e. The Balaban J connectivity index is 2.10. The van der Waals surface area contributed by atoms with Gasteiger partial charge in [-0.3, -0.25) is 0 Å². The van der Waals surface area contributed by atoms with Crippen LogP contribution in [-0.4, -0.2) is 18.6 Å². The predicted octanol–water partition coefficient (Wildman–Crippen LogP) is 4.47. The molecule has 0 aromatic heterocycles. The molecule has 0 heterocycles. The standard InChI is InChI=1S/C17H17ClN2O3/c1-3-23-16(21)14-5-4-6-15(11(14)2)20-17(22)19-13-9-7-12(18)8-10-13/h4-10H,3H2,1-2H3,(H2,19,20,22). The van der Waals surface area contributed by atoms with Crippen LogP contribution >= 0.6 is 11.6 Å². The van der Waals surface area contributed by atoms with E-state index >= 15 is 0 Å². The van der Waals surface area contributed by atoms with Crippen molar-refractivity contribution < 1.29 is 14.3 Å². The van der Waals surface area contributed by atoms with Crippen LogP contribution < -0.4 is 10.6 Å². The van der Waals surface area contributed by atoms with Gasteiger partial charge in [0.15, 0.2) is 0 Å². The van der Waals surface area contributed by atoms with Crippen LogP contribution in [-0.2, 0) is 4.74 Å². The summed E-state index contributed by atoms with van der Waals surface area (Å²) < 4.78 is 5.00. The molecular weight excluding hydrogens is 316 g/mol. The van der Waals surface area contributed by atoms with Crippen molar-refractivity contribution in [1.29, 1.82) is 0 Å². The number of amides is 2. The number of carbonyl (C=O) groups is 2. The molecule has 0 unspecified atom stereocenters. The number of anilines is 2. The molecule has 0 saturated carbocycles. The van der Waals surface area contributed by atoms with E-state index in [1.54, 1.807) is 56.3 Å². The zero-order valence-corrected chi connectivity index (χ0v) is 13.6. The van der Waals surface area contributed by atoms with Crippen molar-refractivity contribution in [2.24, 2.45) is 0 Å². The van der Waals surface area contributed by atoms with Crippen molar-refractivity contribution in [2.75, 3.05) is 17.2 Å². The highest BCUT2D eigenvalue weighted by Crippen LogP contribution is 2.20. The van der Waals surface area contributed by atoms with Crippen molar-refractivity contribution in [2.45, 2.75) is 13.8 Å². The van der Waals surface area contributed by atoms with Crippen LogP contribution in [0.15, 0.2) is 42.5 Å². The zero-order chi connectivity index (χ0) is 16.8. The van der Waals surface area contributed by atoms with E-state index < -0.39 is 12.0 Å². The molecule has 2 aromatic carbocycles. The molecule has 2 rings (SSSR count). The Morgan fingerprint density at radius 2 is 1.78 bits per heavy atom. The fraction of sp³-hybridized carbons (Fsp3) is 0.176. The van der Waals surface area contributed by atoms with Gasteiger partial charge in [-0.2, -0.15) is 0 Å². The van der Waals surface area contributed by atoms with E-state index in [0.29, 0.717) is 34.1 Å². The van der Waals surface area contributed by atoms with Gasteiger partial charge in [0.25, 0.3) is 0 Å². The van der Waals surface area contributed by atoms with Crippen LogP contribution in [0.3, 0.4) is 0 Å². The second kappa shape index (κ2) is 7.65. The van der Waals surface area contributed by atoms with Crippen molar-refractivity contribution in [3.8, 4) is 0 Å². The van der Waals surface area contributed by atoms with Crippen molar-refractivity contribution >= 4 is 35.0 Å². The zero-order valence-electron chi connectivity index (χ0n) is 12.9. The van der Waals surface area contributed by atoms with E-state index in [4.69, 9.17) is 16.3 Å². The Kier molecular flexibility index (Phi) is 5.60. The van der Waals surface area contributed by atoms with Crippen LogP contribution in [0.2, 0.25) is 5.02 Å². The van der Waals surface area contributed by atoms with Gasteiger partial charge in [0.05, 0.1) is 12.2 Å². The van der Waals surface area contributed by atoms with E-state index in [2.05, 4.69) is 10.6 Å². The number of esters is 1. The average Bonchev–Trinajstić information content (AvgIpc) is 2.52. The topological polar surface area (TPSA) is 67.4 Å². The molecule has 0 aliphatic carbocycles. The summed E-state index contributed by atoms with van der Waals surface area (Å²) >= 11 is 5.80. The molecule has 0 spiro atoms. The highest BCUT2D eigenvalue weighted by molar-refractivity contribution is 6.30. The second-order valence-electron chi connectivity index (χ2n) is 4.78. The second-order valence-corrected chi connectivity index (χ2v) is 5.22. The SMILES string of the molecule is CCOC(=O)c1cccc(NC(=O)Nc2ccc(Cl)cc2)c1C. The van der Waals surface area contributed by atoms with Gasteiger partial charge in [0.1, 0.15) is 0 Å². The molecule has 0 radical (unpaired) electrons. The monoisotopic (exact) mass is 332 g/mol. The quantitative estimate of drug-likeness (QED) is 0.812. The normalized spacial score (nSPS) is 10.0. The minimum Gasteiger partial charge on any atom is -0.462 e. The molecule has 120 valence electrons. The van der Waals surface area contributed by atoms with Gasteiger partial charge in [0, 0.05) is 16.4 Å². The van der Waals surface area contributed by atoms with Gasteiger partial charge in [-0.15, -0.1) is 0 Å². The number of halogens is 1. The molecule has 2 N–H and O–H groups in total. The maximum Gasteiger partial charge on any atom is 0.338 e. The summed E-state index contributed by atoms with van der Waals surface area (Å²) in [6, 6.07) is 11.4. The van der Waals surface area contributed by atoms with Gasteiger partial charge in [-0.05, 0) is 55.8 Å². The first kappa shape index (κ1) is 16.8. The maximum atomic E-state index is 12.1. The Labute approximate surface area is 139 Å². The first-order valence-corrected chi connectivity index (χ1v) is 7.49. The lowest BCUT2D eigenvalue weighted by atomic mass is 10.1. The van der Waals surface area contributed by atoms with Gasteiger partial charge >= 0.3 is 12.0 Å². The predicted molar refractivity (Wildman–Crippen MR) is 91.2 cm³/mol. The summed E-state index contributed by atoms with van der Waals surface area (Å²) in [4.78, 5) is 23.9. The molecule has 0 saturated heterocycles. The van der Waals surface area contributed by atoms with Gasteiger partial charge < -0.3 is 15.4 Å². The third-order valence-corrected chi connectivity index (χ3v) is 3.43. The summed E-state index contributed by atoms with van der Waals surface area (Å²) in [5.41, 5.74) is 2.24. The molecular formula is C17H17ClN2O3. The summed E-state index contributed by atoms with van der Waals surface area (Å²) in [5, 5.41) is 6.01. The molecule has 0 aliphatic rings. The number of hydrogen-bond acceptors (Lipinski definition) is 3. The third kappa shape index (κ3) is 4.47. The number of hydrogen-bond donors (Lipinski definition) is 2. The molecule has 0 atom stereocenters. The molecule has 2 aromatic rings. The third-order valence-electron chi connectivity index (χ3n) is 3.18. The Morgan fingerprint density at radius 1 is 1.09 bits per heavy atom. The number of benzene rings is 2. The van der Waals surface area contributed by atoms with E-state index in [0.717, 1.165) is 0 Å². The highest BCUT2D eigenvalue weighted by Gasteiger charge is 2.14. The van der Waals surface area contributed by atoms with Crippen LogP contribution in [0.4, 0.5) is 16.2 Å². The highest BCUT2D eigenvalue weighted by atomic mass is 35.5. The summed E-state index contributed by atoms with van der Waals surface area (Å²) in [5.74, 6) is -0.410. The molecule has 2 amide bonds. The Hall–Kier alpha value is -2.53. The van der Waals surface area contributed by atoms with Gasteiger partial charge in [-0.25, -0.2) is 9.59 Å². The number of urea groups is 1. The number of rotatable bonds is 4. The largest absolute Gasteiger partial charge is 0.462 e. The fourth-order valence-electron chi connectivity index (χ4n) is 2.02. The lowest BCUT2D eigenvalue weighted by Gasteiger charge is -2.12. The maximum absolute atomic E-state index is 12.1. The Morgan fingerprint density at radius 3 is 2.43 bits per heavy atom. The van der Waals surface area contributed by atoms with E-state index in [1.165, 1.54) is 0 Å². The first-order chi connectivity index (χ1) is 11.0. The summed E-state index contributed by atoms with van der Waals surface area (Å²) in [6.07, 6.45) is 0. The lowest BCUT2D eigenvalue weighted by molar-refractivity contribution is 0.0525. The lowest BCUT2D eigenvalue weighted by Crippen LogP contribution is -2.20. The molecule has 0 aliphatic heterocycles. The van der Waals surface area contributed by atoms with Gasteiger partial charge in [0.2, 0.25) is 0 Å². The minimum absolute atomic E-state index is 0.299. The van der Waals surface area contributed by atoms with Crippen LogP contribution in [0.5, 0.6) is 0 Å². The van der Waals surface area contributed by atoms with Gasteiger partial charge in [-0.1, -0.05) is 17.7 Å². The number of carbonyl (C=O) groups excluding carboxylic acids is 2. The summed E-state index contributed by atoms with van der Waals surface area (Å²) in [6.45, 7) is 3.80. The van der Waals surface area contributed by atoms with Crippen molar-refractivity contribution in [3.63, 3.8) is 0 Å². The van der Waals surface area contributed by atoms with Crippen LogP contribution in [0, 0.1) is 6.92 Å². The summed E-state index contributed by atoms with van der Waals surface area (Å²) in [7, 11) is 0. The average molecular weight is 333 g/mol.